The average Bonchev–Trinajstić information content (AvgIpc) is 3.32. The molecule has 28 heavy (non-hydrogen) atoms. The van der Waals surface area contributed by atoms with Crippen molar-refractivity contribution in [3.05, 3.63) is 36.2 Å². The van der Waals surface area contributed by atoms with Crippen molar-refractivity contribution in [1.29, 1.82) is 0 Å². The number of pyridine rings is 1. The number of halogens is 1. The molecule has 0 saturated carbocycles. The first-order valence-electron chi connectivity index (χ1n) is 9.76. The minimum absolute atomic E-state index is 0. The molecule has 2 N–H and O–H groups in total. The maximum atomic E-state index is 12.6. The standard InChI is InChI=1S/C20H24N6O.ClH/c27-18(11-15-5-2-6-21-15)25-7-9-26(10-8-25)19-16(14-3-1-4-14)12-22-20-17(19)13-23-24-20;/h1,3-4,12-13,15,21H,2,5-11H2,(H,22,23,24);1H. The molecule has 3 aliphatic rings. The number of nitrogens with one attached hydrogen (secondary N) is 2. The Morgan fingerprint density at radius 3 is 2.71 bits per heavy atom. The zero-order chi connectivity index (χ0) is 18.2. The third-order valence-electron chi connectivity index (χ3n) is 5.85. The van der Waals surface area contributed by atoms with Gasteiger partial charge in [0.05, 0.1) is 17.3 Å². The Labute approximate surface area is 170 Å². The SMILES string of the molecule is Cl.O=C(CC1CCCN1)N1CCN(c2c(C3=CC=C3)cnc3[nH]ncc23)CC1. The van der Waals surface area contributed by atoms with E-state index in [1.165, 1.54) is 17.7 Å². The van der Waals surface area contributed by atoms with E-state index >= 15 is 0 Å². The second kappa shape index (κ2) is 7.93. The number of hydrogen-bond acceptors (Lipinski definition) is 5. The van der Waals surface area contributed by atoms with Gasteiger partial charge in [-0.05, 0) is 25.0 Å². The van der Waals surface area contributed by atoms with E-state index in [1.807, 2.05) is 23.4 Å². The van der Waals surface area contributed by atoms with Crippen molar-refractivity contribution in [3.8, 4) is 0 Å². The van der Waals surface area contributed by atoms with Gasteiger partial charge in [0.25, 0.3) is 0 Å². The molecule has 1 atom stereocenters. The first-order valence-corrected chi connectivity index (χ1v) is 9.76. The summed E-state index contributed by atoms with van der Waals surface area (Å²) >= 11 is 0. The number of carbonyl (C=O) groups is 1. The molecule has 7 nitrogen and oxygen atoms in total. The number of allylic oxidation sites excluding steroid dienone is 4. The monoisotopic (exact) mass is 400 g/mol. The van der Waals surface area contributed by atoms with Crippen LogP contribution in [0.25, 0.3) is 16.6 Å². The van der Waals surface area contributed by atoms with Crippen molar-refractivity contribution < 1.29 is 4.79 Å². The van der Waals surface area contributed by atoms with E-state index in [0.29, 0.717) is 12.5 Å². The number of aromatic amines is 1. The van der Waals surface area contributed by atoms with Gasteiger partial charge in [0.1, 0.15) is 0 Å². The Kier molecular flexibility index (Phi) is 5.37. The topological polar surface area (TPSA) is 77.2 Å². The molecule has 0 aromatic carbocycles. The van der Waals surface area contributed by atoms with Gasteiger partial charge in [-0.15, -0.1) is 12.4 Å². The predicted molar refractivity (Wildman–Crippen MR) is 113 cm³/mol. The summed E-state index contributed by atoms with van der Waals surface area (Å²) in [4.78, 5) is 21.5. The average molecular weight is 401 g/mol. The molecule has 0 bridgehead atoms. The van der Waals surface area contributed by atoms with Crippen LogP contribution in [-0.2, 0) is 4.79 Å². The summed E-state index contributed by atoms with van der Waals surface area (Å²) in [5.41, 5.74) is 4.32. The fourth-order valence-corrected chi connectivity index (χ4v) is 4.26. The summed E-state index contributed by atoms with van der Waals surface area (Å²) < 4.78 is 0. The number of carbonyl (C=O) groups excluding carboxylic acids is 1. The second-order valence-corrected chi connectivity index (χ2v) is 7.50. The van der Waals surface area contributed by atoms with Gasteiger partial charge in [0.2, 0.25) is 5.91 Å². The van der Waals surface area contributed by atoms with Gasteiger partial charge in [-0.1, -0.05) is 18.2 Å². The zero-order valence-corrected chi connectivity index (χ0v) is 16.5. The minimum Gasteiger partial charge on any atom is -0.367 e. The molecule has 8 heteroatoms. The highest BCUT2D eigenvalue weighted by atomic mass is 35.5. The summed E-state index contributed by atoms with van der Waals surface area (Å²) in [6, 6.07) is 0.366. The lowest BCUT2D eigenvalue weighted by molar-refractivity contribution is -0.131. The van der Waals surface area contributed by atoms with Gasteiger partial charge >= 0.3 is 0 Å². The van der Waals surface area contributed by atoms with Gasteiger partial charge < -0.3 is 15.1 Å². The molecule has 148 valence electrons. The second-order valence-electron chi connectivity index (χ2n) is 7.50. The molecule has 2 aromatic rings. The fraction of sp³-hybridized carbons (Fsp3) is 0.450. The van der Waals surface area contributed by atoms with Crippen LogP contribution in [0, 0.1) is 0 Å². The van der Waals surface area contributed by atoms with E-state index in [9.17, 15) is 4.79 Å². The van der Waals surface area contributed by atoms with Crippen LogP contribution in [0.2, 0.25) is 0 Å². The Morgan fingerprint density at radius 1 is 1.21 bits per heavy atom. The van der Waals surface area contributed by atoms with E-state index < -0.39 is 0 Å². The summed E-state index contributed by atoms with van der Waals surface area (Å²) in [5.74, 6) is 0.280. The first-order chi connectivity index (χ1) is 13.3. The molecule has 2 fully saturated rings. The van der Waals surface area contributed by atoms with Crippen LogP contribution < -0.4 is 10.2 Å². The van der Waals surface area contributed by atoms with Gasteiger partial charge in [-0.2, -0.15) is 5.10 Å². The van der Waals surface area contributed by atoms with Gasteiger partial charge in [0.15, 0.2) is 5.65 Å². The third kappa shape index (κ3) is 3.40. The molecule has 0 radical (unpaired) electrons. The third-order valence-corrected chi connectivity index (χ3v) is 5.85. The van der Waals surface area contributed by atoms with E-state index in [2.05, 4.69) is 37.6 Å². The van der Waals surface area contributed by atoms with E-state index in [1.54, 1.807) is 0 Å². The van der Waals surface area contributed by atoms with Crippen molar-refractivity contribution in [2.75, 3.05) is 37.6 Å². The maximum absolute atomic E-state index is 12.6. The largest absolute Gasteiger partial charge is 0.367 e. The summed E-state index contributed by atoms with van der Waals surface area (Å²) in [5, 5.41) is 11.6. The zero-order valence-electron chi connectivity index (χ0n) is 15.7. The number of nitrogens with zero attached hydrogens (tertiary/aromatic N) is 4. The highest BCUT2D eigenvalue weighted by molar-refractivity contribution is 5.99. The summed E-state index contributed by atoms with van der Waals surface area (Å²) in [6.07, 6.45) is 13.0. The Bertz CT molecular complexity index is 922. The predicted octanol–water partition coefficient (Wildman–Crippen LogP) is 2.12. The van der Waals surface area contributed by atoms with Crippen molar-refractivity contribution in [2.24, 2.45) is 0 Å². The molecule has 4 heterocycles. The number of amides is 1. The highest BCUT2D eigenvalue weighted by Crippen LogP contribution is 2.36. The summed E-state index contributed by atoms with van der Waals surface area (Å²) in [7, 11) is 0. The Hall–Kier alpha value is -2.38. The van der Waals surface area contributed by atoms with Crippen LogP contribution in [0.5, 0.6) is 0 Å². The van der Waals surface area contributed by atoms with Crippen LogP contribution in [0.3, 0.4) is 0 Å². The quantitative estimate of drug-likeness (QED) is 0.822. The number of hydrogen-bond donors (Lipinski definition) is 2. The number of H-pyrrole nitrogens is 1. The molecular weight excluding hydrogens is 376 g/mol. The molecule has 2 aromatic heterocycles. The van der Waals surface area contributed by atoms with Crippen molar-refractivity contribution in [2.45, 2.75) is 25.3 Å². The molecule has 1 amide bonds. The van der Waals surface area contributed by atoms with Gasteiger partial charge in [-0.25, -0.2) is 4.98 Å². The smallest absolute Gasteiger partial charge is 0.224 e. The van der Waals surface area contributed by atoms with E-state index in [0.717, 1.165) is 55.7 Å². The van der Waals surface area contributed by atoms with Crippen molar-refractivity contribution >= 4 is 40.6 Å². The molecule has 1 aliphatic carbocycles. The molecule has 1 unspecified atom stereocenters. The lowest BCUT2D eigenvalue weighted by Gasteiger charge is -2.37. The molecule has 5 rings (SSSR count). The Balaban J connectivity index is 0.00000192. The van der Waals surface area contributed by atoms with Crippen LogP contribution in [-0.4, -0.2) is 64.8 Å². The molecular formula is C20H25ClN6O. The number of piperazine rings is 1. The minimum atomic E-state index is 0. The lowest BCUT2D eigenvalue weighted by Crippen LogP contribution is -2.50. The van der Waals surface area contributed by atoms with Gasteiger partial charge in [-0.3, -0.25) is 9.89 Å². The number of rotatable bonds is 4. The molecule has 0 spiro atoms. The maximum Gasteiger partial charge on any atom is 0.224 e. The Morgan fingerprint density at radius 2 is 2.04 bits per heavy atom. The number of fused-ring (bicyclic) bond motifs is 1. The number of anilines is 1. The number of aromatic nitrogens is 3. The lowest BCUT2D eigenvalue weighted by atomic mass is 9.97. The van der Waals surface area contributed by atoms with Crippen molar-refractivity contribution in [3.63, 3.8) is 0 Å². The highest BCUT2D eigenvalue weighted by Gasteiger charge is 2.27. The van der Waals surface area contributed by atoms with Crippen molar-refractivity contribution in [1.82, 2.24) is 25.4 Å². The molecule has 2 aliphatic heterocycles. The van der Waals surface area contributed by atoms with Crippen LogP contribution in [0.1, 0.15) is 24.8 Å². The first kappa shape index (κ1) is 19.0. The van der Waals surface area contributed by atoms with Crippen LogP contribution >= 0.6 is 12.4 Å². The normalized spacial score (nSPS) is 21.4. The van der Waals surface area contributed by atoms with Gasteiger partial charge in [0, 0.05) is 50.4 Å². The van der Waals surface area contributed by atoms with Crippen LogP contribution in [0.15, 0.2) is 30.6 Å². The van der Waals surface area contributed by atoms with E-state index in [-0.39, 0.29) is 18.3 Å². The fourth-order valence-electron chi connectivity index (χ4n) is 4.26. The van der Waals surface area contributed by atoms with Crippen LogP contribution in [0.4, 0.5) is 5.69 Å². The molecule has 2 saturated heterocycles. The van der Waals surface area contributed by atoms with E-state index in [4.69, 9.17) is 0 Å². The summed E-state index contributed by atoms with van der Waals surface area (Å²) in [6.45, 7) is 4.24.